The molecule has 2 heterocycles. The van der Waals surface area contributed by atoms with E-state index in [0.717, 1.165) is 24.7 Å². The molecule has 1 aliphatic rings. The zero-order valence-corrected chi connectivity index (χ0v) is 7.12. The van der Waals surface area contributed by atoms with Gasteiger partial charge in [0.2, 0.25) is 0 Å². The van der Waals surface area contributed by atoms with Crippen LogP contribution in [0.3, 0.4) is 0 Å². The maximum absolute atomic E-state index is 5.30. The normalized spacial score (nSPS) is 15.6. The molecule has 0 fully saturated rings. The number of hydrogen-bond acceptors (Lipinski definition) is 2. The average Bonchev–Trinajstić information content (AvgIpc) is 2.33. The quantitative estimate of drug-likeness (QED) is 0.613. The molecular weight excluding hydrogens is 232 g/mol. The monoisotopic (exact) mass is 240 g/mol. The average molecular weight is 238 g/mol. The van der Waals surface area contributed by atoms with Gasteiger partial charge in [-0.1, -0.05) is 0 Å². The first kappa shape index (κ1) is 5.64. The van der Waals surface area contributed by atoms with Gasteiger partial charge in [0.25, 0.3) is 0 Å². The van der Waals surface area contributed by atoms with Gasteiger partial charge < -0.3 is 0 Å². The van der Waals surface area contributed by atoms with E-state index in [-0.39, 0.29) is 20.4 Å². The molecule has 0 atom stereocenters. The molecule has 48 valence electrons. The topological polar surface area (TPSA) is 18.5 Å². The predicted molar refractivity (Wildman–Crippen MR) is 34.4 cm³/mol. The van der Waals surface area contributed by atoms with E-state index in [1.807, 2.05) is 0 Å². The van der Waals surface area contributed by atoms with Crippen LogP contribution in [0.15, 0.2) is 8.16 Å². The minimum atomic E-state index is -0.0392. The van der Waals surface area contributed by atoms with Gasteiger partial charge in [-0.05, 0) is 0 Å². The van der Waals surface area contributed by atoms with Crippen molar-refractivity contribution < 1.29 is 9.47 Å². The van der Waals surface area contributed by atoms with Gasteiger partial charge in [-0.3, -0.25) is 0 Å². The molecule has 1 aromatic rings. The van der Waals surface area contributed by atoms with Crippen molar-refractivity contribution in [3.05, 3.63) is 8.16 Å². The molecule has 0 amide bonds. The Hall–Kier alpha value is -0.130. The molecule has 2 rings (SSSR count). The van der Waals surface area contributed by atoms with Gasteiger partial charge in [0.05, 0.1) is 0 Å². The number of ether oxygens (including phenoxy) is 2. The van der Waals surface area contributed by atoms with Crippen LogP contribution in [0.1, 0.15) is 0 Å². The third-order valence-corrected chi connectivity index (χ3v) is 3.19. The summed E-state index contributed by atoms with van der Waals surface area (Å²) in [5.74, 6) is 1.98. The Balaban J connectivity index is 2.39. The molecular formula is C6H6O2Te. The predicted octanol–water partition coefficient (Wildman–Crippen LogP) is 0.515. The third kappa shape index (κ3) is 0.953. The standard InChI is InChI=1S/C6H6O2Te/c1-2-8-6-4-9-3-5(6)7-1/h3-4H,1-2H2. The Morgan fingerprint density at radius 2 is 1.67 bits per heavy atom. The Morgan fingerprint density at radius 1 is 1.11 bits per heavy atom. The Kier molecular flexibility index (Phi) is 1.40. The van der Waals surface area contributed by atoms with Crippen LogP contribution < -0.4 is 9.47 Å². The Labute approximate surface area is 63.0 Å². The van der Waals surface area contributed by atoms with E-state index >= 15 is 0 Å². The molecule has 3 heteroatoms. The number of fused-ring (bicyclic) bond motifs is 1. The summed E-state index contributed by atoms with van der Waals surface area (Å²) in [5.41, 5.74) is 0. The summed E-state index contributed by atoms with van der Waals surface area (Å²) >= 11 is -0.0392. The van der Waals surface area contributed by atoms with Gasteiger partial charge in [-0.25, -0.2) is 0 Å². The van der Waals surface area contributed by atoms with E-state index in [1.54, 1.807) is 0 Å². The number of hydrogen-bond donors (Lipinski definition) is 0. The Bertz CT molecular complexity index is 186. The van der Waals surface area contributed by atoms with E-state index in [0.29, 0.717) is 0 Å². The molecule has 0 aliphatic carbocycles. The van der Waals surface area contributed by atoms with Crippen LogP contribution in [0, 0.1) is 0 Å². The van der Waals surface area contributed by atoms with Crippen LogP contribution >= 0.6 is 0 Å². The van der Waals surface area contributed by atoms with E-state index in [4.69, 9.17) is 9.47 Å². The summed E-state index contributed by atoms with van der Waals surface area (Å²) in [5, 5.41) is 0. The van der Waals surface area contributed by atoms with Crippen molar-refractivity contribution in [2.75, 3.05) is 13.2 Å². The van der Waals surface area contributed by atoms with Crippen molar-refractivity contribution in [1.82, 2.24) is 0 Å². The van der Waals surface area contributed by atoms with E-state index < -0.39 is 0 Å². The summed E-state index contributed by atoms with van der Waals surface area (Å²) in [6, 6.07) is 0. The van der Waals surface area contributed by atoms with Crippen LogP contribution in [0.5, 0.6) is 11.5 Å². The maximum atomic E-state index is 5.30. The summed E-state index contributed by atoms with van der Waals surface area (Å²) < 4.78 is 14.9. The molecule has 0 unspecified atom stereocenters. The molecule has 1 aromatic heterocycles. The first-order valence-corrected chi connectivity index (χ1v) is 5.48. The fourth-order valence-electron chi connectivity index (χ4n) is 0.787. The summed E-state index contributed by atoms with van der Waals surface area (Å²) in [4.78, 5) is 0. The van der Waals surface area contributed by atoms with Crippen molar-refractivity contribution in [2.45, 2.75) is 0 Å². The molecule has 0 spiro atoms. The van der Waals surface area contributed by atoms with Gasteiger partial charge in [0.1, 0.15) is 0 Å². The SMILES string of the molecule is c1[te]cc2c1OCCO2. The fraction of sp³-hybridized carbons (Fsp3) is 0.333. The fourth-order valence-corrected chi connectivity index (χ4v) is 2.74. The van der Waals surface area contributed by atoms with Crippen LogP contribution in [0.25, 0.3) is 0 Å². The van der Waals surface area contributed by atoms with Crippen molar-refractivity contribution in [2.24, 2.45) is 0 Å². The second kappa shape index (κ2) is 2.24. The van der Waals surface area contributed by atoms with Crippen LogP contribution in [-0.2, 0) is 0 Å². The van der Waals surface area contributed by atoms with Crippen molar-refractivity contribution in [3.8, 4) is 11.5 Å². The molecule has 0 bridgehead atoms. The first-order chi connectivity index (χ1) is 4.47. The number of rotatable bonds is 0. The second-order valence-electron chi connectivity index (χ2n) is 1.80. The van der Waals surface area contributed by atoms with E-state index in [9.17, 15) is 0 Å². The summed E-state index contributed by atoms with van der Waals surface area (Å²) in [6.45, 7) is 1.44. The van der Waals surface area contributed by atoms with E-state index in [2.05, 4.69) is 8.16 Å². The molecule has 1 aliphatic heterocycles. The first-order valence-electron chi connectivity index (χ1n) is 2.78. The summed E-state index contributed by atoms with van der Waals surface area (Å²) in [7, 11) is 0. The van der Waals surface area contributed by atoms with Crippen molar-refractivity contribution in [3.63, 3.8) is 0 Å². The van der Waals surface area contributed by atoms with Crippen molar-refractivity contribution in [1.29, 1.82) is 0 Å². The minimum absolute atomic E-state index is 0.0392. The van der Waals surface area contributed by atoms with Gasteiger partial charge >= 0.3 is 62.8 Å². The molecule has 0 N–H and O–H groups in total. The molecule has 2 nitrogen and oxygen atoms in total. The summed E-state index contributed by atoms with van der Waals surface area (Å²) in [6.07, 6.45) is 0. The molecule has 0 aromatic carbocycles. The van der Waals surface area contributed by atoms with Gasteiger partial charge in [0, 0.05) is 0 Å². The van der Waals surface area contributed by atoms with Crippen molar-refractivity contribution >= 4 is 20.4 Å². The Morgan fingerprint density at radius 3 is 2.22 bits per heavy atom. The molecule has 9 heavy (non-hydrogen) atoms. The zero-order valence-electron chi connectivity index (χ0n) is 4.79. The third-order valence-electron chi connectivity index (χ3n) is 1.19. The second-order valence-corrected chi connectivity index (χ2v) is 3.92. The van der Waals surface area contributed by atoms with Crippen LogP contribution in [0.2, 0.25) is 0 Å². The molecule has 0 radical (unpaired) electrons. The van der Waals surface area contributed by atoms with Crippen LogP contribution in [0.4, 0.5) is 0 Å². The van der Waals surface area contributed by atoms with E-state index in [1.165, 1.54) is 0 Å². The van der Waals surface area contributed by atoms with Gasteiger partial charge in [0.15, 0.2) is 0 Å². The van der Waals surface area contributed by atoms with Gasteiger partial charge in [-0.2, -0.15) is 0 Å². The molecule has 0 saturated carbocycles. The molecule has 0 saturated heterocycles. The zero-order chi connectivity index (χ0) is 6.10. The van der Waals surface area contributed by atoms with Gasteiger partial charge in [-0.15, -0.1) is 0 Å². The van der Waals surface area contributed by atoms with Crippen LogP contribution in [-0.4, -0.2) is 33.6 Å².